The number of aromatic amines is 1. The smallest absolute Gasteiger partial charge is 0.255 e. The number of nitrogens with zero attached hydrogens (tertiary/aromatic N) is 4. The quantitative estimate of drug-likeness (QED) is 0.507. The van der Waals surface area contributed by atoms with Gasteiger partial charge in [0.25, 0.3) is 5.56 Å². The topological polar surface area (TPSA) is 74.2 Å². The fourth-order valence-electron chi connectivity index (χ4n) is 6.05. The van der Waals surface area contributed by atoms with Crippen LogP contribution in [0.1, 0.15) is 62.8 Å². The van der Waals surface area contributed by atoms with Gasteiger partial charge in [-0.3, -0.25) is 14.5 Å². The van der Waals surface area contributed by atoms with Crippen LogP contribution in [0.3, 0.4) is 0 Å². The molecule has 36 heavy (non-hydrogen) atoms. The number of carbonyl (C=O) groups is 1. The lowest BCUT2D eigenvalue weighted by Crippen LogP contribution is -2.40. The molecule has 1 N–H and O–H groups in total. The summed E-state index contributed by atoms with van der Waals surface area (Å²) in [5.74, 6) is 1.99. The molecule has 1 saturated carbocycles. The number of benzene rings is 1. The van der Waals surface area contributed by atoms with Crippen molar-refractivity contribution in [1.29, 1.82) is 0 Å². The predicted octanol–water partition coefficient (Wildman–Crippen LogP) is 4.47. The molecular weight excluding hydrogens is 450 g/mol. The van der Waals surface area contributed by atoms with Gasteiger partial charge in [-0.1, -0.05) is 37.5 Å². The molecule has 192 valence electrons. The van der Waals surface area contributed by atoms with Crippen molar-refractivity contribution in [2.75, 3.05) is 19.6 Å². The summed E-state index contributed by atoms with van der Waals surface area (Å²) < 4.78 is 1.72. The van der Waals surface area contributed by atoms with Gasteiger partial charge in [0.15, 0.2) is 0 Å². The van der Waals surface area contributed by atoms with Crippen LogP contribution < -0.4 is 5.56 Å². The lowest BCUT2D eigenvalue weighted by molar-refractivity contribution is -0.137. The van der Waals surface area contributed by atoms with Crippen LogP contribution in [0, 0.1) is 11.8 Å². The number of piperidine rings is 1. The van der Waals surface area contributed by atoms with Crippen molar-refractivity contribution < 1.29 is 4.79 Å². The Balaban J connectivity index is 1.27. The van der Waals surface area contributed by atoms with Crippen LogP contribution in [0.15, 0.2) is 47.5 Å². The first-order chi connectivity index (χ1) is 17.6. The monoisotopic (exact) mass is 489 g/mol. The highest BCUT2D eigenvalue weighted by atomic mass is 16.2. The van der Waals surface area contributed by atoms with Crippen molar-refractivity contribution in [2.45, 2.75) is 64.5 Å². The molecule has 2 aromatic heterocycles. The number of hydrogen-bond acceptors (Lipinski definition) is 4. The van der Waals surface area contributed by atoms with Gasteiger partial charge in [-0.2, -0.15) is 0 Å². The Morgan fingerprint density at radius 3 is 2.64 bits per heavy atom. The molecule has 1 aliphatic carbocycles. The van der Waals surface area contributed by atoms with E-state index < -0.39 is 0 Å². The molecule has 7 heteroatoms. The van der Waals surface area contributed by atoms with Gasteiger partial charge in [-0.05, 0) is 68.6 Å². The van der Waals surface area contributed by atoms with Gasteiger partial charge in [0.05, 0.1) is 18.6 Å². The summed E-state index contributed by atoms with van der Waals surface area (Å²) in [5, 5.41) is 1.04. The molecule has 0 bridgehead atoms. The van der Waals surface area contributed by atoms with E-state index in [1.165, 1.54) is 6.42 Å². The van der Waals surface area contributed by atoms with Crippen LogP contribution in [0.4, 0.5) is 0 Å². The summed E-state index contributed by atoms with van der Waals surface area (Å²) in [7, 11) is 1.83. The number of amides is 1. The lowest BCUT2D eigenvalue weighted by Gasteiger charge is -2.34. The number of rotatable bonds is 8. The molecule has 3 aromatic rings. The fourth-order valence-corrected chi connectivity index (χ4v) is 6.05. The highest BCUT2D eigenvalue weighted by molar-refractivity contribution is 5.81. The third-order valence-corrected chi connectivity index (χ3v) is 8.28. The zero-order valence-electron chi connectivity index (χ0n) is 21.5. The van der Waals surface area contributed by atoms with Gasteiger partial charge >= 0.3 is 0 Å². The van der Waals surface area contributed by atoms with E-state index in [2.05, 4.69) is 14.9 Å². The molecule has 0 unspecified atom stereocenters. The Morgan fingerprint density at radius 2 is 1.89 bits per heavy atom. The Bertz CT molecular complexity index is 1200. The van der Waals surface area contributed by atoms with E-state index in [4.69, 9.17) is 0 Å². The van der Waals surface area contributed by atoms with Gasteiger partial charge in [-0.25, -0.2) is 4.98 Å². The van der Waals surface area contributed by atoms with Crippen LogP contribution in [0.5, 0.6) is 0 Å². The molecular formula is C29H39N5O2. The van der Waals surface area contributed by atoms with Gasteiger partial charge < -0.3 is 14.5 Å². The molecule has 7 nitrogen and oxygen atoms in total. The second-order valence-electron chi connectivity index (χ2n) is 10.7. The second kappa shape index (κ2) is 11.4. The maximum atomic E-state index is 13.7. The van der Waals surface area contributed by atoms with E-state index in [0.717, 1.165) is 87.9 Å². The highest BCUT2D eigenvalue weighted by Gasteiger charge is 2.28. The molecule has 0 atom stereocenters. The number of aryl methyl sites for hydroxylation is 1. The fraction of sp³-hybridized carbons (Fsp3) is 0.552. The van der Waals surface area contributed by atoms with Crippen molar-refractivity contribution in [3.8, 4) is 0 Å². The first-order valence-corrected chi connectivity index (χ1v) is 13.7. The average molecular weight is 490 g/mol. The number of aromatic nitrogens is 3. The number of H-pyrrole nitrogens is 1. The minimum absolute atomic E-state index is 0.00128. The maximum Gasteiger partial charge on any atom is 0.255 e. The number of para-hydroxylation sites is 1. The van der Waals surface area contributed by atoms with E-state index in [1.807, 2.05) is 54.7 Å². The number of nitrogens with one attached hydrogen (secondary N) is 1. The van der Waals surface area contributed by atoms with Gasteiger partial charge in [0, 0.05) is 37.5 Å². The van der Waals surface area contributed by atoms with E-state index in [0.29, 0.717) is 18.0 Å². The molecule has 0 spiro atoms. The minimum atomic E-state index is 0.00128. The largest absolute Gasteiger partial charge is 0.348 e. The van der Waals surface area contributed by atoms with Crippen LogP contribution in [-0.2, 0) is 24.9 Å². The number of fused-ring (bicyclic) bond motifs is 1. The zero-order chi connectivity index (χ0) is 24.9. The number of carbonyl (C=O) groups excluding carboxylic acids is 1. The van der Waals surface area contributed by atoms with E-state index in [9.17, 15) is 9.59 Å². The molecule has 2 fully saturated rings. The zero-order valence-corrected chi connectivity index (χ0v) is 21.5. The Hall–Kier alpha value is -2.93. The summed E-state index contributed by atoms with van der Waals surface area (Å²) in [4.78, 5) is 38.9. The Morgan fingerprint density at radius 1 is 1.11 bits per heavy atom. The van der Waals surface area contributed by atoms with Crippen molar-refractivity contribution in [2.24, 2.45) is 18.9 Å². The average Bonchev–Trinajstić information content (AvgIpc) is 3.43. The van der Waals surface area contributed by atoms with Crippen LogP contribution >= 0.6 is 0 Å². The Labute approximate surface area is 213 Å². The molecule has 1 aliphatic heterocycles. The van der Waals surface area contributed by atoms with E-state index >= 15 is 0 Å². The SMILES string of the molecule is Cn1c(=O)c(CN(CCC2CCN(Cc3ncc[nH]3)CC2)C(=O)C2CCCCC2)cc2ccccc21. The van der Waals surface area contributed by atoms with Crippen LogP contribution in [0.2, 0.25) is 0 Å². The van der Waals surface area contributed by atoms with Gasteiger partial charge in [-0.15, -0.1) is 0 Å². The maximum absolute atomic E-state index is 13.7. The minimum Gasteiger partial charge on any atom is -0.348 e. The number of imidazole rings is 1. The highest BCUT2D eigenvalue weighted by Crippen LogP contribution is 2.28. The summed E-state index contributed by atoms with van der Waals surface area (Å²) >= 11 is 0. The van der Waals surface area contributed by atoms with E-state index in [-0.39, 0.29) is 17.4 Å². The number of hydrogen-bond donors (Lipinski definition) is 1. The first-order valence-electron chi connectivity index (χ1n) is 13.7. The van der Waals surface area contributed by atoms with Crippen molar-refractivity contribution in [1.82, 2.24) is 24.3 Å². The molecule has 5 rings (SSSR count). The summed E-state index contributed by atoms with van der Waals surface area (Å²) in [6.45, 7) is 4.13. The van der Waals surface area contributed by atoms with Crippen molar-refractivity contribution in [3.63, 3.8) is 0 Å². The standard InChI is InChI=1S/C29H39N5O2/c1-32-26-10-6-5-9-24(26)19-25(28(32)35)20-34(29(36)23-7-3-2-4-8-23)18-13-22-11-16-33(17-12-22)21-27-30-14-15-31-27/h5-6,9-10,14-15,19,22-23H,2-4,7-8,11-13,16-18,20-21H2,1H3,(H,30,31). The Kier molecular flexibility index (Phi) is 7.85. The predicted molar refractivity (Wildman–Crippen MR) is 142 cm³/mol. The molecule has 3 heterocycles. The number of likely N-dealkylation sites (tertiary alicyclic amines) is 1. The molecule has 1 aromatic carbocycles. The number of pyridine rings is 1. The van der Waals surface area contributed by atoms with Gasteiger partial charge in [0.1, 0.15) is 5.82 Å². The van der Waals surface area contributed by atoms with Gasteiger partial charge in [0.2, 0.25) is 5.91 Å². The van der Waals surface area contributed by atoms with Crippen LogP contribution in [0.25, 0.3) is 10.9 Å². The second-order valence-corrected chi connectivity index (χ2v) is 10.7. The molecule has 2 aliphatic rings. The summed E-state index contributed by atoms with van der Waals surface area (Å²) in [5.41, 5.74) is 1.65. The molecule has 0 radical (unpaired) electrons. The third kappa shape index (κ3) is 5.72. The van der Waals surface area contributed by atoms with E-state index in [1.54, 1.807) is 4.57 Å². The molecule has 1 saturated heterocycles. The van der Waals surface area contributed by atoms with Crippen molar-refractivity contribution >= 4 is 16.8 Å². The summed E-state index contributed by atoms with van der Waals surface area (Å²) in [6.07, 6.45) is 12.4. The normalized spacial score (nSPS) is 18.0. The molecule has 1 amide bonds. The third-order valence-electron chi connectivity index (χ3n) is 8.28. The lowest BCUT2D eigenvalue weighted by atomic mass is 9.87. The van der Waals surface area contributed by atoms with Crippen LogP contribution in [-0.4, -0.2) is 49.9 Å². The van der Waals surface area contributed by atoms with Crippen molar-refractivity contribution in [3.05, 3.63) is 64.5 Å². The first kappa shape index (κ1) is 24.8. The summed E-state index contributed by atoms with van der Waals surface area (Å²) in [6, 6.07) is 9.97.